The number of imidazole rings is 1. The molecule has 1 unspecified atom stereocenters. The fourth-order valence-corrected chi connectivity index (χ4v) is 2.20. The number of ether oxygens (including phenoxy) is 1. The molecule has 0 saturated heterocycles. The van der Waals surface area contributed by atoms with E-state index in [4.69, 9.17) is 16.3 Å². The van der Waals surface area contributed by atoms with Crippen molar-refractivity contribution in [2.75, 3.05) is 6.61 Å². The Labute approximate surface area is 132 Å². The third-order valence-electron chi connectivity index (χ3n) is 3.14. The van der Waals surface area contributed by atoms with Gasteiger partial charge < -0.3 is 20.0 Å². The highest BCUT2D eigenvalue weighted by Gasteiger charge is 2.20. The second-order valence-electron chi connectivity index (χ2n) is 4.79. The van der Waals surface area contributed by atoms with E-state index in [1.165, 1.54) is 10.8 Å². The number of hydrogen-bond donors (Lipinski definition) is 1. The van der Waals surface area contributed by atoms with Crippen molar-refractivity contribution in [3.05, 3.63) is 57.0 Å². The summed E-state index contributed by atoms with van der Waals surface area (Å²) in [5.74, 6) is 0.319. The monoisotopic (exact) mass is 325 g/mol. The summed E-state index contributed by atoms with van der Waals surface area (Å²) in [5, 5.41) is 21.4. The van der Waals surface area contributed by atoms with Gasteiger partial charge in [0.1, 0.15) is 18.8 Å². The Bertz CT molecular complexity index is 659. The van der Waals surface area contributed by atoms with Crippen molar-refractivity contribution in [3.8, 4) is 0 Å². The van der Waals surface area contributed by atoms with Crippen molar-refractivity contribution in [1.82, 2.24) is 9.55 Å². The second-order valence-corrected chi connectivity index (χ2v) is 5.20. The third kappa shape index (κ3) is 4.03. The Morgan fingerprint density at radius 3 is 2.91 bits per heavy atom. The van der Waals surface area contributed by atoms with Gasteiger partial charge >= 0.3 is 5.82 Å². The molecule has 1 heterocycles. The van der Waals surface area contributed by atoms with Crippen LogP contribution in [-0.4, -0.2) is 32.3 Å². The van der Waals surface area contributed by atoms with Gasteiger partial charge in [0.25, 0.3) is 0 Å². The quantitative estimate of drug-likeness (QED) is 0.623. The summed E-state index contributed by atoms with van der Waals surface area (Å²) in [7, 11) is 0. The van der Waals surface area contributed by atoms with Crippen LogP contribution < -0.4 is 0 Å². The lowest BCUT2D eigenvalue weighted by Gasteiger charge is -2.11. The van der Waals surface area contributed by atoms with Crippen LogP contribution in [0.1, 0.15) is 11.4 Å². The van der Waals surface area contributed by atoms with Crippen molar-refractivity contribution >= 4 is 17.4 Å². The lowest BCUT2D eigenvalue weighted by Crippen LogP contribution is -2.23. The first-order valence-electron chi connectivity index (χ1n) is 6.64. The molecule has 1 atom stereocenters. The van der Waals surface area contributed by atoms with Crippen LogP contribution in [0.15, 0.2) is 30.5 Å². The number of aliphatic hydroxyl groups excluding tert-OH is 1. The number of benzene rings is 1. The highest BCUT2D eigenvalue weighted by molar-refractivity contribution is 6.31. The predicted octanol–water partition coefficient (Wildman–Crippen LogP) is 2.33. The van der Waals surface area contributed by atoms with Gasteiger partial charge in [0.05, 0.1) is 13.2 Å². The van der Waals surface area contributed by atoms with E-state index < -0.39 is 11.0 Å². The average molecular weight is 326 g/mol. The molecular formula is C14H16ClN3O4. The molecule has 0 saturated carbocycles. The summed E-state index contributed by atoms with van der Waals surface area (Å²) in [5.41, 5.74) is 0.821. The van der Waals surface area contributed by atoms with Gasteiger partial charge in [0.2, 0.25) is 0 Å². The zero-order chi connectivity index (χ0) is 16.1. The molecule has 0 amide bonds. The number of rotatable bonds is 7. The summed E-state index contributed by atoms with van der Waals surface area (Å²) in [6.07, 6.45) is 0.293. The highest BCUT2D eigenvalue weighted by atomic mass is 35.5. The van der Waals surface area contributed by atoms with E-state index in [0.29, 0.717) is 10.8 Å². The Morgan fingerprint density at radius 2 is 2.23 bits per heavy atom. The molecule has 0 fully saturated rings. The van der Waals surface area contributed by atoms with Crippen LogP contribution in [0.5, 0.6) is 0 Å². The molecule has 2 aromatic rings. The molecule has 8 heteroatoms. The van der Waals surface area contributed by atoms with Gasteiger partial charge in [-0.05, 0) is 16.6 Å². The SMILES string of the molecule is Cc1ncc([N+](=O)[O-])n1CC(O)COCc1ccccc1Cl. The maximum absolute atomic E-state index is 10.9. The van der Waals surface area contributed by atoms with Crippen molar-refractivity contribution in [3.63, 3.8) is 0 Å². The fourth-order valence-electron chi connectivity index (χ4n) is 2.01. The number of aryl methyl sites for hydroxylation is 1. The molecule has 0 radical (unpaired) electrons. The molecule has 0 aliphatic rings. The van der Waals surface area contributed by atoms with Gasteiger partial charge in [-0.3, -0.25) is 0 Å². The van der Waals surface area contributed by atoms with Crippen molar-refractivity contribution in [1.29, 1.82) is 0 Å². The Balaban J connectivity index is 1.89. The minimum atomic E-state index is -0.880. The van der Waals surface area contributed by atoms with Gasteiger partial charge in [0.15, 0.2) is 5.82 Å². The summed E-state index contributed by atoms with van der Waals surface area (Å²) in [6.45, 7) is 2.00. The van der Waals surface area contributed by atoms with Gasteiger partial charge in [-0.15, -0.1) is 0 Å². The highest BCUT2D eigenvalue weighted by Crippen LogP contribution is 2.17. The minimum absolute atomic E-state index is 0.0417. The average Bonchev–Trinajstić information content (AvgIpc) is 2.82. The van der Waals surface area contributed by atoms with Crippen molar-refractivity contribution in [2.45, 2.75) is 26.2 Å². The number of aromatic nitrogens is 2. The van der Waals surface area contributed by atoms with Crippen LogP contribution in [0.25, 0.3) is 0 Å². The van der Waals surface area contributed by atoms with E-state index in [1.807, 2.05) is 18.2 Å². The van der Waals surface area contributed by atoms with Gasteiger partial charge in [0, 0.05) is 11.9 Å². The van der Waals surface area contributed by atoms with Crippen LogP contribution in [0.2, 0.25) is 5.02 Å². The predicted molar refractivity (Wildman–Crippen MR) is 80.7 cm³/mol. The number of nitrogens with zero attached hydrogens (tertiary/aromatic N) is 3. The minimum Gasteiger partial charge on any atom is -0.387 e. The number of hydrogen-bond acceptors (Lipinski definition) is 5. The maximum atomic E-state index is 10.9. The molecule has 1 aromatic heterocycles. The molecule has 118 valence electrons. The molecule has 7 nitrogen and oxygen atoms in total. The van der Waals surface area contributed by atoms with E-state index in [2.05, 4.69) is 4.98 Å². The van der Waals surface area contributed by atoms with Gasteiger partial charge in [-0.2, -0.15) is 0 Å². The van der Waals surface area contributed by atoms with Crippen LogP contribution in [0.3, 0.4) is 0 Å². The molecule has 0 aliphatic carbocycles. The molecule has 2 rings (SSSR count). The van der Waals surface area contributed by atoms with Crippen LogP contribution in [0.4, 0.5) is 5.82 Å². The molecule has 0 bridgehead atoms. The molecule has 1 N–H and O–H groups in total. The molecular weight excluding hydrogens is 310 g/mol. The second kappa shape index (κ2) is 7.35. The number of nitro groups is 1. The normalized spacial score (nSPS) is 12.3. The third-order valence-corrected chi connectivity index (χ3v) is 3.51. The maximum Gasteiger partial charge on any atom is 0.342 e. The molecule has 0 spiro atoms. The summed E-state index contributed by atoms with van der Waals surface area (Å²) in [6, 6.07) is 7.26. The first kappa shape index (κ1) is 16.4. The van der Waals surface area contributed by atoms with E-state index in [-0.39, 0.29) is 25.6 Å². The first-order chi connectivity index (χ1) is 10.5. The standard InChI is InChI=1S/C14H16ClN3O4/c1-10-16-6-14(18(20)21)17(10)7-12(19)9-22-8-11-4-2-3-5-13(11)15/h2-6,12,19H,7-9H2,1H3. The van der Waals surface area contributed by atoms with E-state index in [9.17, 15) is 15.2 Å². The number of halogens is 1. The van der Waals surface area contributed by atoms with Gasteiger partial charge in [-0.25, -0.2) is 9.55 Å². The van der Waals surface area contributed by atoms with Crippen LogP contribution in [0, 0.1) is 17.0 Å². The van der Waals surface area contributed by atoms with Gasteiger partial charge in [-0.1, -0.05) is 29.8 Å². The number of aliphatic hydroxyl groups is 1. The summed E-state index contributed by atoms with van der Waals surface area (Å²) < 4.78 is 6.76. The Kier molecular flexibility index (Phi) is 5.48. The van der Waals surface area contributed by atoms with Crippen LogP contribution >= 0.6 is 11.6 Å². The summed E-state index contributed by atoms with van der Waals surface area (Å²) >= 11 is 6.00. The van der Waals surface area contributed by atoms with Crippen molar-refractivity contribution in [2.24, 2.45) is 0 Å². The zero-order valence-corrected chi connectivity index (χ0v) is 12.7. The van der Waals surface area contributed by atoms with Crippen LogP contribution in [-0.2, 0) is 17.9 Å². The zero-order valence-electron chi connectivity index (χ0n) is 12.0. The van der Waals surface area contributed by atoms with E-state index in [1.54, 1.807) is 13.0 Å². The molecule has 22 heavy (non-hydrogen) atoms. The van der Waals surface area contributed by atoms with Crippen molar-refractivity contribution < 1.29 is 14.8 Å². The van der Waals surface area contributed by atoms with E-state index >= 15 is 0 Å². The lowest BCUT2D eigenvalue weighted by atomic mass is 10.2. The largest absolute Gasteiger partial charge is 0.387 e. The molecule has 0 aliphatic heterocycles. The first-order valence-corrected chi connectivity index (χ1v) is 7.02. The summed E-state index contributed by atoms with van der Waals surface area (Å²) in [4.78, 5) is 14.2. The topological polar surface area (TPSA) is 90.4 Å². The smallest absolute Gasteiger partial charge is 0.342 e. The Hall–Kier alpha value is -1.96. The fraction of sp³-hybridized carbons (Fsp3) is 0.357. The van der Waals surface area contributed by atoms with E-state index in [0.717, 1.165) is 5.56 Å². The lowest BCUT2D eigenvalue weighted by molar-refractivity contribution is -0.392. The molecule has 1 aromatic carbocycles. The Morgan fingerprint density at radius 1 is 1.50 bits per heavy atom.